The predicted molar refractivity (Wildman–Crippen MR) is 194 cm³/mol. The minimum absolute atomic E-state index is 0.0136. The first kappa shape index (κ1) is 37.2. The Morgan fingerprint density at radius 1 is 1.15 bits per heavy atom. The molecule has 0 bridgehead atoms. The van der Waals surface area contributed by atoms with E-state index in [0.717, 1.165) is 37.7 Å². The van der Waals surface area contributed by atoms with Crippen molar-refractivity contribution in [2.75, 3.05) is 6.54 Å². The van der Waals surface area contributed by atoms with Crippen molar-refractivity contribution >= 4 is 41.2 Å². The molecule has 8 nitrogen and oxygen atoms in total. The monoisotopic (exact) mass is 678 g/mol. The first-order chi connectivity index (χ1) is 22.5. The molecule has 1 unspecified atom stereocenters. The zero-order chi connectivity index (χ0) is 35.3. The number of unbranched alkanes of at least 4 members (excludes halogenated alkanes) is 1. The lowest BCUT2D eigenvalue weighted by atomic mass is 9.69. The molecule has 1 spiro atoms. The van der Waals surface area contributed by atoms with Gasteiger partial charge in [0.1, 0.15) is 23.0 Å². The standard InChI is InChI=1S/C38H52ClFN6O2/c1-8-9-20-43-45-32(41)24-42-34(47)26-12-10-25(11-13-26)31(16-17-36(2,3)4)46-35(48)33(27-21-29(39)23-30(40)22-27)44-38(46)18-14-28(15-19-38)37(5,6)7/h10-13,20-23,28,31H,8-9,14-19,24H2,1-7H3,(H2,41,45)(H,42,47)/b43-20+. The van der Waals surface area contributed by atoms with Crippen molar-refractivity contribution in [3.05, 3.63) is 70.0 Å². The molecule has 1 atom stereocenters. The van der Waals surface area contributed by atoms with Gasteiger partial charge >= 0.3 is 0 Å². The third-order valence-electron chi connectivity index (χ3n) is 9.49. The minimum atomic E-state index is -0.762. The molecule has 260 valence electrons. The van der Waals surface area contributed by atoms with E-state index < -0.39 is 11.5 Å². The van der Waals surface area contributed by atoms with Gasteiger partial charge in [-0.15, -0.1) is 5.10 Å². The van der Waals surface area contributed by atoms with Crippen LogP contribution in [0.2, 0.25) is 5.02 Å². The Morgan fingerprint density at radius 3 is 2.40 bits per heavy atom. The average molecular weight is 679 g/mol. The number of amidine groups is 1. The summed E-state index contributed by atoms with van der Waals surface area (Å²) in [6.45, 7) is 15.5. The van der Waals surface area contributed by atoms with Gasteiger partial charge in [-0.25, -0.2) is 4.39 Å². The summed E-state index contributed by atoms with van der Waals surface area (Å²) in [4.78, 5) is 34.7. The van der Waals surface area contributed by atoms with E-state index in [9.17, 15) is 14.0 Å². The van der Waals surface area contributed by atoms with Crippen LogP contribution in [0.15, 0.2) is 57.7 Å². The number of benzene rings is 2. The SMILES string of the molecule is CCC/C=N/N=C(N)CNC(=O)c1ccc(C(CCC(C)(C)C)N2C(=O)C(c3cc(F)cc(Cl)c3)=NC23CCC(C(C)(C)C)CC3)cc1. The predicted octanol–water partition coefficient (Wildman–Crippen LogP) is 8.48. The number of nitrogens with zero attached hydrogens (tertiary/aromatic N) is 4. The van der Waals surface area contributed by atoms with Gasteiger partial charge in [-0.3, -0.25) is 14.6 Å². The first-order valence-corrected chi connectivity index (χ1v) is 17.5. The van der Waals surface area contributed by atoms with Gasteiger partial charge in [0.2, 0.25) is 0 Å². The number of hydrogen-bond acceptors (Lipinski definition) is 5. The van der Waals surface area contributed by atoms with E-state index in [0.29, 0.717) is 36.3 Å². The smallest absolute Gasteiger partial charge is 0.275 e. The Balaban J connectivity index is 1.68. The molecule has 0 radical (unpaired) electrons. The Bertz CT molecular complexity index is 1530. The maximum Gasteiger partial charge on any atom is 0.275 e. The third kappa shape index (κ3) is 9.30. The Labute approximate surface area is 290 Å². The summed E-state index contributed by atoms with van der Waals surface area (Å²) in [5.74, 6) is -0.304. The molecule has 2 amide bonds. The normalized spacial score (nSPS) is 21.2. The summed E-state index contributed by atoms with van der Waals surface area (Å²) in [6.07, 6.45) is 8.29. The first-order valence-electron chi connectivity index (χ1n) is 17.1. The second kappa shape index (κ2) is 15.3. The average Bonchev–Trinajstić information content (AvgIpc) is 3.28. The van der Waals surface area contributed by atoms with E-state index in [1.807, 2.05) is 24.0 Å². The number of amides is 2. The van der Waals surface area contributed by atoms with Crippen molar-refractivity contribution in [3.8, 4) is 0 Å². The molecule has 3 N–H and O–H groups in total. The molecule has 1 heterocycles. The van der Waals surface area contributed by atoms with Gasteiger partial charge in [0.25, 0.3) is 11.8 Å². The Kier molecular flexibility index (Phi) is 11.9. The highest BCUT2D eigenvalue weighted by atomic mass is 35.5. The molecule has 10 heteroatoms. The topological polar surface area (TPSA) is 113 Å². The number of hydrogen-bond donors (Lipinski definition) is 2. The van der Waals surface area contributed by atoms with Crippen LogP contribution in [0.1, 0.15) is 127 Å². The van der Waals surface area contributed by atoms with Crippen LogP contribution in [0.3, 0.4) is 0 Å². The highest BCUT2D eigenvalue weighted by molar-refractivity contribution is 6.47. The van der Waals surface area contributed by atoms with Gasteiger partial charge in [0, 0.05) is 22.4 Å². The maximum atomic E-state index is 14.6. The molecular weight excluding hydrogens is 627 g/mol. The Hall–Kier alpha value is -3.59. The van der Waals surface area contributed by atoms with Crippen LogP contribution in [0.25, 0.3) is 0 Å². The molecule has 1 aliphatic carbocycles. The van der Waals surface area contributed by atoms with Gasteiger partial charge in [0.15, 0.2) is 0 Å². The van der Waals surface area contributed by atoms with Crippen LogP contribution in [0, 0.1) is 22.6 Å². The fourth-order valence-corrected chi connectivity index (χ4v) is 6.93. The zero-order valence-corrected chi connectivity index (χ0v) is 30.3. The molecule has 2 aliphatic rings. The van der Waals surface area contributed by atoms with Crippen LogP contribution >= 0.6 is 11.6 Å². The number of nitrogens with two attached hydrogens (primary N) is 1. The summed E-state index contributed by atoms with van der Waals surface area (Å²) in [5, 5.41) is 10.9. The van der Waals surface area contributed by atoms with E-state index in [1.165, 1.54) is 12.1 Å². The van der Waals surface area contributed by atoms with Gasteiger partial charge in [-0.2, -0.15) is 5.10 Å². The molecule has 0 aromatic heterocycles. The lowest BCUT2D eigenvalue weighted by molar-refractivity contribution is -0.134. The quantitative estimate of drug-likeness (QED) is 0.141. The maximum absolute atomic E-state index is 14.6. The lowest BCUT2D eigenvalue weighted by Crippen LogP contribution is -2.51. The van der Waals surface area contributed by atoms with Crippen molar-refractivity contribution in [2.45, 2.75) is 112 Å². The van der Waals surface area contributed by atoms with Crippen molar-refractivity contribution in [1.29, 1.82) is 0 Å². The highest BCUT2D eigenvalue weighted by Gasteiger charge is 2.52. The third-order valence-corrected chi connectivity index (χ3v) is 9.71. The summed E-state index contributed by atoms with van der Waals surface area (Å²) in [5.41, 5.74) is 7.33. The van der Waals surface area contributed by atoms with Crippen LogP contribution in [0.5, 0.6) is 0 Å². The largest absolute Gasteiger partial charge is 0.384 e. The summed E-state index contributed by atoms with van der Waals surface area (Å²) >= 11 is 6.26. The summed E-state index contributed by atoms with van der Waals surface area (Å²) in [6, 6.07) is 11.3. The lowest BCUT2D eigenvalue weighted by Gasteiger charge is -2.47. The molecule has 0 saturated heterocycles. The van der Waals surface area contributed by atoms with Crippen molar-refractivity contribution in [3.63, 3.8) is 0 Å². The molecule has 1 saturated carbocycles. The van der Waals surface area contributed by atoms with Crippen molar-refractivity contribution < 1.29 is 14.0 Å². The summed E-state index contributed by atoms with van der Waals surface area (Å²) < 4.78 is 14.6. The number of halogens is 2. The van der Waals surface area contributed by atoms with Crippen molar-refractivity contribution in [1.82, 2.24) is 10.2 Å². The molecule has 2 aromatic carbocycles. The number of aliphatic imine (C=N–C) groups is 1. The van der Waals surface area contributed by atoms with Crippen LogP contribution in [-0.4, -0.2) is 46.7 Å². The fourth-order valence-electron chi connectivity index (χ4n) is 6.70. The van der Waals surface area contributed by atoms with Gasteiger partial charge in [-0.1, -0.05) is 78.6 Å². The zero-order valence-electron chi connectivity index (χ0n) is 29.6. The van der Waals surface area contributed by atoms with E-state index in [-0.39, 0.29) is 51.8 Å². The highest BCUT2D eigenvalue weighted by Crippen LogP contribution is 2.50. The van der Waals surface area contributed by atoms with Crippen molar-refractivity contribution in [2.24, 2.45) is 37.7 Å². The van der Waals surface area contributed by atoms with Gasteiger partial charge in [0.05, 0.1) is 12.6 Å². The minimum Gasteiger partial charge on any atom is -0.384 e. The molecule has 4 rings (SSSR count). The van der Waals surface area contributed by atoms with Gasteiger partial charge < -0.3 is 16.0 Å². The molecule has 48 heavy (non-hydrogen) atoms. The van der Waals surface area contributed by atoms with E-state index in [4.69, 9.17) is 22.3 Å². The summed E-state index contributed by atoms with van der Waals surface area (Å²) in [7, 11) is 0. The molecule has 1 fully saturated rings. The van der Waals surface area contributed by atoms with Crippen LogP contribution in [-0.2, 0) is 4.79 Å². The number of rotatable bonds is 11. The van der Waals surface area contributed by atoms with E-state index >= 15 is 0 Å². The number of carbonyl (C=O) groups is 2. The van der Waals surface area contributed by atoms with Crippen LogP contribution in [0.4, 0.5) is 4.39 Å². The fraction of sp³-hybridized carbons (Fsp3) is 0.553. The van der Waals surface area contributed by atoms with Gasteiger partial charge in [-0.05, 0) is 97.6 Å². The second-order valence-electron chi connectivity index (χ2n) is 15.5. The second-order valence-corrected chi connectivity index (χ2v) is 16.0. The van der Waals surface area contributed by atoms with E-state index in [2.05, 4.69) is 57.1 Å². The van der Waals surface area contributed by atoms with E-state index in [1.54, 1.807) is 24.4 Å². The van der Waals surface area contributed by atoms with Crippen LogP contribution < -0.4 is 11.1 Å². The molecular formula is C38H52ClFN6O2. The molecule has 2 aromatic rings. The molecule has 1 aliphatic heterocycles. The number of nitrogens with one attached hydrogen (secondary N) is 1. The Morgan fingerprint density at radius 2 is 1.81 bits per heavy atom. The number of carbonyl (C=O) groups excluding carboxylic acids is 2.